The molecule has 0 spiro atoms. The van der Waals surface area contributed by atoms with Crippen molar-refractivity contribution in [3.05, 3.63) is 35.1 Å². The summed E-state index contributed by atoms with van der Waals surface area (Å²) in [4.78, 5) is 11.8. The third-order valence-electron chi connectivity index (χ3n) is 2.22. The van der Waals surface area contributed by atoms with Crippen molar-refractivity contribution in [1.29, 1.82) is 0 Å². The zero-order chi connectivity index (χ0) is 13.4. The molecule has 0 aliphatic rings. The second-order valence-electron chi connectivity index (χ2n) is 3.72. The Kier molecular flexibility index (Phi) is 5.89. The van der Waals surface area contributed by atoms with Gasteiger partial charge in [0, 0.05) is 18.5 Å². The first-order valence-corrected chi connectivity index (χ1v) is 5.86. The number of hydrogen-bond acceptors (Lipinski definition) is 2. The molecular weight excluding hydrogens is 233 g/mol. The largest absolute Gasteiger partial charge is 0.395 e. The molecule has 0 saturated heterocycles. The van der Waals surface area contributed by atoms with Crippen LogP contribution in [0.1, 0.15) is 35.7 Å². The van der Waals surface area contributed by atoms with Crippen LogP contribution in [0.3, 0.4) is 0 Å². The fraction of sp³-hybridized carbons (Fsp3) is 0.357. The predicted octanol–water partition coefficient (Wildman–Crippen LogP) is 1.70. The van der Waals surface area contributed by atoms with Crippen molar-refractivity contribution in [2.24, 2.45) is 0 Å². The molecule has 0 atom stereocenters. The van der Waals surface area contributed by atoms with Crippen molar-refractivity contribution in [3.8, 4) is 11.8 Å². The topological polar surface area (TPSA) is 49.3 Å². The van der Waals surface area contributed by atoms with Crippen molar-refractivity contribution >= 4 is 5.91 Å². The number of rotatable bonds is 4. The smallest absolute Gasteiger partial charge is 0.252 e. The molecule has 0 aliphatic carbocycles. The Morgan fingerprint density at radius 3 is 2.94 bits per heavy atom. The van der Waals surface area contributed by atoms with Crippen molar-refractivity contribution in [3.63, 3.8) is 0 Å². The number of carbonyl (C=O) groups is 1. The fourth-order valence-electron chi connectivity index (χ4n) is 1.37. The Hall–Kier alpha value is -1.86. The molecule has 2 N–H and O–H groups in total. The average Bonchev–Trinajstić information content (AvgIpc) is 2.36. The number of amides is 1. The minimum absolute atomic E-state index is 0.0559. The molecule has 0 unspecified atom stereocenters. The van der Waals surface area contributed by atoms with E-state index in [0.717, 1.165) is 6.42 Å². The zero-order valence-corrected chi connectivity index (χ0v) is 10.3. The molecular formula is C14H16FNO2. The molecule has 1 aromatic rings. The number of carbonyl (C=O) groups excluding carboxylic acids is 1. The first-order valence-electron chi connectivity index (χ1n) is 5.86. The molecule has 0 aliphatic heterocycles. The van der Waals surface area contributed by atoms with Gasteiger partial charge in [0.05, 0.1) is 12.2 Å². The van der Waals surface area contributed by atoms with E-state index in [2.05, 4.69) is 17.2 Å². The second kappa shape index (κ2) is 7.46. The Morgan fingerprint density at radius 1 is 1.50 bits per heavy atom. The second-order valence-corrected chi connectivity index (χ2v) is 3.72. The van der Waals surface area contributed by atoms with E-state index in [4.69, 9.17) is 5.11 Å². The molecule has 0 saturated carbocycles. The quantitative estimate of drug-likeness (QED) is 0.798. The highest BCUT2D eigenvalue weighted by molar-refractivity contribution is 5.96. The summed E-state index contributed by atoms with van der Waals surface area (Å²) < 4.78 is 13.1. The van der Waals surface area contributed by atoms with Crippen LogP contribution in [0.5, 0.6) is 0 Å². The maximum absolute atomic E-state index is 13.1. The summed E-state index contributed by atoms with van der Waals surface area (Å²) in [6.07, 6.45) is 1.13. The van der Waals surface area contributed by atoms with Gasteiger partial charge < -0.3 is 10.4 Å². The Morgan fingerprint density at radius 2 is 2.28 bits per heavy atom. The van der Waals surface area contributed by atoms with Gasteiger partial charge >= 0.3 is 0 Å². The highest BCUT2D eigenvalue weighted by Crippen LogP contribution is 2.10. The fourth-order valence-corrected chi connectivity index (χ4v) is 1.37. The molecule has 0 bridgehead atoms. The van der Waals surface area contributed by atoms with Crippen LogP contribution in [0.2, 0.25) is 0 Å². The molecule has 96 valence electrons. The first kappa shape index (κ1) is 14.2. The average molecular weight is 249 g/mol. The van der Waals surface area contributed by atoms with Crippen LogP contribution < -0.4 is 5.32 Å². The molecule has 0 aromatic heterocycles. The van der Waals surface area contributed by atoms with E-state index in [9.17, 15) is 9.18 Å². The van der Waals surface area contributed by atoms with Gasteiger partial charge in [-0.2, -0.15) is 0 Å². The third kappa shape index (κ3) is 4.19. The Balaban J connectivity index is 2.96. The van der Waals surface area contributed by atoms with Gasteiger partial charge in [0.2, 0.25) is 0 Å². The molecule has 1 amide bonds. The predicted molar refractivity (Wildman–Crippen MR) is 67.6 cm³/mol. The van der Waals surface area contributed by atoms with Crippen LogP contribution >= 0.6 is 0 Å². The van der Waals surface area contributed by atoms with E-state index in [1.807, 2.05) is 6.92 Å². The van der Waals surface area contributed by atoms with Gasteiger partial charge in [-0.1, -0.05) is 18.8 Å². The summed E-state index contributed by atoms with van der Waals surface area (Å²) in [6.45, 7) is 2.46. The maximum Gasteiger partial charge on any atom is 0.252 e. The SMILES string of the molecule is CCCNC(=O)c1ccc(F)cc1C#CCCO. The molecule has 0 fully saturated rings. The lowest BCUT2D eigenvalue weighted by Gasteiger charge is -2.05. The van der Waals surface area contributed by atoms with Gasteiger partial charge in [0.15, 0.2) is 0 Å². The summed E-state index contributed by atoms with van der Waals surface area (Å²) in [5.41, 5.74) is 0.701. The lowest BCUT2D eigenvalue weighted by Crippen LogP contribution is -2.24. The third-order valence-corrected chi connectivity index (χ3v) is 2.22. The Bertz CT molecular complexity index is 474. The van der Waals surface area contributed by atoms with E-state index in [1.165, 1.54) is 18.2 Å². The number of halogens is 1. The van der Waals surface area contributed by atoms with Gasteiger partial charge in [-0.05, 0) is 24.6 Å². The van der Waals surface area contributed by atoms with E-state index in [-0.39, 0.29) is 12.5 Å². The number of aliphatic hydroxyl groups excluding tert-OH is 1. The first-order chi connectivity index (χ1) is 8.69. The summed E-state index contributed by atoms with van der Waals surface area (Å²) >= 11 is 0. The van der Waals surface area contributed by atoms with Crippen LogP contribution in [-0.2, 0) is 0 Å². The van der Waals surface area contributed by atoms with Gasteiger partial charge in [0.1, 0.15) is 5.82 Å². The molecule has 0 heterocycles. The van der Waals surface area contributed by atoms with Gasteiger partial charge in [0.25, 0.3) is 5.91 Å². The molecule has 1 aromatic carbocycles. The number of nitrogens with one attached hydrogen (secondary N) is 1. The number of hydrogen-bond donors (Lipinski definition) is 2. The summed E-state index contributed by atoms with van der Waals surface area (Å²) in [5, 5.41) is 11.4. The van der Waals surface area contributed by atoms with Crippen molar-refractivity contribution in [2.45, 2.75) is 19.8 Å². The van der Waals surface area contributed by atoms with Crippen molar-refractivity contribution in [2.75, 3.05) is 13.2 Å². The minimum atomic E-state index is -0.435. The minimum Gasteiger partial charge on any atom is -0.395 e. The molecule has 18 heavy (non-hydrogen) atoms. The van der Waals surface area contributed by atoms with Crippen LogP contribution in [0, 0.1) is 17.7 Å². The van der Waals surface area contributed by atoms with E-state index < -0.39 is 5.82 Å². The Labute approximate surface area is 106 Å². The van der Waals surface area contributed by atoms with Crippen LogP contribution in [0.25, 0.3) is 0 Å². The van der Waals surface area contributed by atoms with E-state index in [0.29, 0.717) is 24.1 Å². The van der Waals surface area contributed by atoms with Crippen LogP contribution in [-0.4, -0.2) is 24.2 Å². The van der Waals surface area contributed by atoms with Crippen molar-refractivity contribution in [1.82, 2.24) is 5.32 Å². The van der Waals surface area contributed by atoms with E-state index in [1.54, 1.807) is 0 Å². The number of benzene rings is 1. The van der Waals surface area contributed by atoms with Crippen LogP contribution in [0.15, 0.2) is 18.2 Å². The monoisotopic (exact) mass is 249 g/mol. The maximum atomic E-state index is 13.1. The summed E-state index contributed by atoms with van der Waals surface area (Å²) in [7, 11) is 0. The normalized spacial score (nSPS) is 9.50. The molecule has 0 radical (unpaired) electrons. The van der Waals surface area contributed by atoms with Gasteiger partial charge in [-0.3, -0.25) is 4.79 Å². The zero-order valence-electron chi connectivity index (χ0n) is 10.3. The standard InChI is InChI=1S/C14H16FNO2/c1-2-8-16-14(18)13-7-6-12(15)10-11(13)5-3-4-9-17/h6-7,10,17H,2,4,8-9H2,1H3,(H,16,18). The van der Waals surface area contributed by atoms with Crippen molar-refractivity contribution < 1.29 is 14.3 Å². The van der Waals surface area contributed by atoms with E-state index >= 15 is 0 Å². The lowest BCUT2D eigenvalue weighted by molar-refractivity contribution is 0.0953. The highest BCUT2D eigenvalue weighted by Gasteiger charge is 2.10. The summed E-state index contributed by atoms with van der Waals surface area (Å²) in [6, 6.07) is 3.88. The number of aliphatic hydroxyl groups is 1. The van der Waals surface area contributed by atoms with Gasteiger partial charge in [-0.25, -0.2) is 4.39 Å². The molecule has 4 heteroatoms. The highest BCUT2D eigenvalue weighted by atomic mass is 19.1. The van der Waals surface area contributed by atoms with Crippen LogP contribution in [0.4, 0.5) is 4.39 Å². The lowest BCUT2D eigenvalue weighted by atomic mass is 10.1. The van der Waals surface area contributed by atoms with Gasteiger partial charge in [-0.15, -0.1) is 0 Å². The molecule has 3 nitrogen and oxygen atoms in total. The summed E-state index contributed by atoms with van der Waals surface area (Å²) in [5.74, 6) is 4.69. The molecule has 1 rings (SSSR count).